The predicted molar refractivity (Wildman–Crippen MR) is 174 cm³/mol. The molecule has 5 nitrogen and oxygen atoms in total. The van der Waals surface area contributed by atoms with Crippen molar-refractivity contribution >= 4 is 50.0 Å². The Balaban J connectivity index is 1.34. The van der Waals surface area contributed by atoms with Gasteiger partial charge in [0.25, 0.3) is 5.91 Å². The number of nitrogens with zero attached hydrogens (tertiary/aromatic N) is 1. The van der Waals surface area contributed by atoms with Crippen LogP contribution in [0.2, 0.25) is 0 Å². The predicted octanol–water partition coefficient (Wildman–Crippen LogP) is 10.1. The van der Waals surface area contributed by atoms with E-state index in [1.165, 1.54) is 44.9 Å². The van der Waals surface area contributed by atoms with Crippen molar-refractivity contribution in [1.82, 2.24) is 4.98 Å². The molecule has 3 aromatic carbocycles. The van der Waals surface area contributed by atoms with Crippen molar-refractivity contribution in [2.75, 3.05) is 10.6 Å². The largest absolute Gasteiger partial charge is 0.326 e. The summed E-state index contributed by atoms with van der Waals surface area (Å²) in [5.74, 6) is -0.174. The van der Waals surface area contributed by atoms with E-state index in [0.717, 1.165) is 50.7 Å². The minimum Gasteiger partial charge on any atom is -0.326 e. The van der Waals surface area contributed by atoms with Crippen LogP contribution in [-0.2, 0) is 4.79 Å². The van der Waals surface area contributed by atoms with Gasteiger partial charge in [-0.1, -0.05) is 105 Å². The van der Waals surface area contributed by atoms with Crippen molar-refractivity contribution < 1.29 is 9.59 Å². The Labute approximate surface area is 252 Å². The van der Waals surface area contributed by atoms with Crippen LogP contribution in [0.4, 0.5) is 11.4 Å². The summed E-state index contributed by atoms with van der Waals surface area (Å²) in [6.07, 6.45) is 11.6. The summed E-state index contributed by atoms with van der Waals surface area (Å²) in [6, 6.07) is 22.9. The number of halogens is 1. The van der Waals surface area contributed by atoms with Gasteiger partial charge in [0, 0.05) is 33.2 Å². The lowest BCUT2D eigenvalue weighted by Gasteiger charge is -2.13. The van der Waals surface area contributed by atoms with Crippen LogP contribution in [0.1, 0.15) is 87.1 Å². The van der Waals surface area contributed by atoms with Gasteiger partial charge in [0.2, 0.25) is 5.91 Å². The number of fused-ring (bicyclic) bond motifs is 1. The number of carbonyl (C=O) groups excluding carboxylic acids is 2. The maximum absolute atomic E-state index is 13.5. The molecule has 4 aromatic rings. The maximum Gasteiger partial charge on any atom is 0.256 e. The Kier molecular flexibility index (Phi) is 11.5. The van der Waals surface area contributed by atoms with Crippen molar-refractivity contribution in [1.29, 1.82) is 0 Å². The van der Waals surface area contributed by atoms with Crippen LogP contribution < -0.4 is 10.6 Å². The van der Waals surface area contributed by atoms with Crippen molar-refractivity contribution in [2.45, 2.75) is 78.1 Å². The number of benzene rings is 3. The Morgan fingerprint density at radius 2 is 1.37 bits per heavy atom. The van der Waals surface area contributed by atoms with E-state index in [2.05, 4.69) is 33.5 Å². The molecule has 0 saturated carbocycles. The van der Waals surface area contributed by atoms with Gasteiger partial charge >= 0.3 is 0 Å². The van der Waals surface area contributed by atoms with E-state index in [1.807, 2.05) is 79.7 Å². The molecule has 2 N–H and O–H groups in total. The molecule has 0 spiro atoms. The molecule has 214 valence electrons. The highest BCUT2D eigenvalue weighted by Crippen LogP contribution is 2.28. The fourth-order valence-corrected chi connectivity index (χ4v) is 5.27. The Morgan fingerprint density at radius 1 is 0.756 bits per heavy atom. The molecule has 0 atom stereocenters. The van der Waals surface area contributed by atoms with Crippen molar-refractivity contribution in [3.8, 4) is 11.3 Å². The Hall–Kier alpha value is -3.51. The van der Waals surface area contributed by atoms with Crippen LogP contribution in [0, 0.1) is 6.92 Å². The third kappa shape index (κ3) is 8.99. The fraction of sp³-hybridized carbons (Fsp3) is 0.343. The van der Waals surface area contributed by atoms with E-state index >= 15 is 0 Å². The number of hydrogen-bond acceptors (Lipinski definition) is 3. The van der Waals surface area contributed by atoms with Crippen molar-refractivity contribution in [3.63, 3.8) is 0 Å². The monoisotopic (exact) mass is 613 g/mol. The number of pyridine rings is 1. The number of aryl methyl sites for hydroxylation is 1. The molecule has 0 aliphatic carbocycles. The molecule has 1 heterocycles. The molecule has 1 aromatic heterocycles. The molecule has 41 heavy (non-hydrogen) atoms. The average molecular weight is 615 g/mol. The minimum atomic E-state index is -0.205. The van der Waals surface area contributed by atoms with Gasteiger partial charge in [-0.15, -0.1) is 0 Å². The molecule has 2 amide bonds. The first-order valence-electron chi connectivity index (χ1n) is 14.8. The van der Waals surface area contributed by atoms with E-state index in [-0.39, 0.29) is 11.8 Å². The number of aromatic nitrogens is 1. The van der Waals surface area contributed by atoms with Crippen LogP contribution >= 0.6 is 15.9 Å². The minimum absolute atomic E-state index is 0.0313. The number of nitrogens with one attached hydrogen (secondary N) is 2. The summed E-state index contributed by atoms with van der Waals surface area (Å²) in [6.45, 7) is 4.25. The molecular formula is C35H40BrN3O2. The number of carbonyl (C=O) groups is 2. The number of unbranched alkanes of at least 4 members (excludes halogenated alkanes) is 8. The highest BCUT2D eigenvalue weighted by molar-refractivity contribution is 9.10. The SMILES string of the molecule is CCCCCCCCCCCC(=O)Nc1ccc(NC(=O)c2cc(-c3ccc(Br)cc3)nc3c(C)cccc23)cc1. The first kappa shape index (κ1) is 30.4. The molecule has 0 radical (unpaired) electrons. The molecule has 6 heteroatoms. The smallest absolute Gasteiger partial charge is 0.256 e. The molecule has 0 aliphatic rings. The van der Waals surface area contributed by atoms with E-state index in [9.17, 15) is 9.59 Å². The van der Waals surface area contributed by atoms with Crippen LogP contribution in [-0.4, -0.2) is 16.8 Å². The van der Waals surface area contributed by atoms with Crippen LogP contribution in [0.3, 0.4) is 0 Å². The quantitative estimate of drug-likeness (QED) is 0.139. The zero-order valence-corrected chi connectivity index (χ0v) is 25.7. The van der Waals surface area contributed by atoms with Gasteiger partial charge in [-0.3, -0.25) is 9.59 Å². The first-order chi connectivity index (χ1) is 19.9. The zero-order valence-electron chi connectivity index (χ0n) is 24.1. The van der Waals surface area contributed by atoms with Gasteiger partial charge in [-0.2, -0.15) is 0 Å². The molecule has 0 saturated heterocycles. The summed E-state index contributed by atoms with van der Waals surface area (Å²) in [4.78, 5) is 30.8. The highest BCUT2D eigenvalue weighted by Gasteiger charge is 2.16. The normalized spacial score (nSPS) is 11.0. The first-order valence-corrected chi connectivity index (χ1v) is 15.6. The van der Waals surface area contributed by atoms with Crippen LogP contribution in [0.5, 0.6) is 0 Å². The van der Waals surface area contributed by atoms with Gasteiger partial charge < -0.3 is 10.6 Å². The number of anilines is 2. The highest BCUT2D eigenvalue weighted by atomic mass is 79.9. The van der Waals surface area contributed by atoms with Gasteiger partial charge in [0.15, 0.2) is 0 Å². The lowest BCUT2D eigenvalue weighted by atomic mass is 10.0. The standard InChI is InChI=1S/C35H40BrN3O2/c1-3-4-5-6-7-8-9-10-11-15-33(40)37-28-20-22-29(23-21-28)38-35(41)31-24-32(26-16-18-27(36)19-17-26)39-34-25(2)13-12-14-30(31)34/h12-14,16-24H,3-11,15H2,1-2H3,(H,37,40)(H,38,41). The summed E-state index contributed by atoms with van der Waals surface area (Å²) >= 11 is 3.48. The molecule has 0 bridgehead atoms. The second kappa shape index (κ2) is 15.5. The Bertz CT molecular complexity index is 1450. The van der Waals surface area contributed by atoms with Crippen LogP contribution in [0.25, 0.3) is 22.2 Å². The van der Waals surface area contributed by atoms with Gasteiger partial charge in [0.1, 0.15) is 0 Å². The molecule has 4 rings (SSSR count). The zero-order chi connectivity index (χ0) is 29.0. The van der Waals surface area contributed by atoms with Gasteiger partial charge in [-0.25, -0.2) is 4.98 Å². The summed E-state index contributed by atoms with van der Waals surface area (Å²) in [5.41, 5.74) is 5.46. The molecule has 0 unspecified atom stereocenters. The number of para-hydroxylation sites is 1. The third-order valence-electron chi connectivity index (χ3n) is 7.36. The average Bonchev–Trinajstić information content (AvgIpc) is 2.97. The molecule has 0 fully saturated rings. The second-order valence-corrected chi connectivity index (χ2v) is 11.6. The van der Waals surface area contributed by atoms with E-state index in [4.69, 9.17) is 4.98 Å². The maximum atomic E-state index is 13.5. The molecule has 0 aliphatic heterocycles. The van der Waals surface area contributed by atoms with Crippen LogP contribution in [0.15, 0.2) is 77.3 Å². The third-order valence-corrected chi connectivity index (χ3v) is 7.89. The van der Waals surface area contributed by atoms with Gasteiger partial charge in [-0.05, 0) is 61.4 Å². The lowest BCUT2D eigenvalue weighted by molar-refractivity contribution is -0.116. The van der Waals surface area contributed by atoms with E-state index in [0.29, 0.717) is 17.7 Å². The van der Waals surface area contributed by atoms with E-state index < -0.39 is 0 Å². The topological polar surface area (TPSA) is 71.1 Å². The second-order valence-electron chi connectivity index (χ2n) is 10.7. The number of rotatable bonds is 14. The summed E-state index contributed by atoms with van der Waals surface area (Å²) < 4.78 is 0.985. The van der Waals surface area contributed by atoms with Crippen molar-refractivity contribution in [3.05, 3.63) is 88.4 Å². The lowest BCUT2D eigenvalue weighted by Crippen LogP contribution is -2.14. The van der Waals surface area contributed by atoms with Gasteiger partial charge in [0.05, 0.1) is 16.8 Å². The summed E-state index contributed by atoms with van der Waals surface area (Å²) in [7, 11) is 0. The molecular weight excluding hydrogens is 574 g/mol. The number of hydrogen-bond donors (Lipinski definition) is 2. The Morgan fingerprint density at radius 3 is 2.02 bits per heavy atom. The fourth-order valence-electron chi connectivity index (χ4n) is 5.00. The summed E-state index contributed by atoms with van der Waals surface area (Å²) in [5, 5.41) is 6.81. The van der Waals surface area contributed by atoms with Crippen molar-refractivity contribution in [2.24, 2.45) is 0 Å². The van der Waals surface area contributed by atoms with E-state index in [1.54, 1.807) is 0 Å². The number of amides is 2.